The summed E-state index contributed by atoms with van der Waals surface area (Å²) in [7, 11) is 0. The SMILES string of the molecule is Cc1ccc(C)c(C(O)C2CCCC(C)C2)c1. The predicted octanol–water partition coefficient (Wildman–Crippen LogP) is 4.16. The third-order valence-electron chi connectivity index (χ3n) is 4.18. The summed E-state index contributed by atoms with van der Waals surface area (Å²) in [5.74, 6) is 1.23. The second-order valence-electron chi connectivity index (χ2n) is 5.84. The van der Waals surface area contributed by atoms with Gasteiger partial charge in [-0.1, -0.05) is 43.5 Å². The number of aryl methyl sites for hydroxylation is 2. The fraction of sp³-hybridized carbons (Fsp3) is 0.625. The first-order chi connectivity index (χ1) is 8.08. The summed E-state index contributed by atoms with van der Waals surface area (Å²) in [6.45, 7) is 6.51. The average Bonchev–Trinajstić information content (AvgIpc) is 2.31. The van der Waals surface area contributed by atoms with Crippen LogP contribution in [0.2, 0.25) is 0 Å². The smallest absolute Gasteiger partial charge is 0.0820 e. The van der Waals surface area contributed by atoms with Crippen molar-refractivity contribution in [3.8, 4) is 0 Å². The molecule has 1 aromatic rings. The van der Waals surface area contributed by atoms with E-state index in [-0.39, 0.29) is 6.10 Å². The molecule has 1 aromatic carbocycles. The van der Waals surface area contributed by atoms with Gasteiger partial charge in [-0.05, 0) is 49.7 Å². The molecule has 0 bridgehead atoms. The Balaban J connectivity index is 2.18. The van der Waals surface area contributed by atoms with E-state index in [1.807, 2.05) is 0 Å². The topological polar surface area (TPSA) is 20.2 Å². The first-order valence-corrected chi connectivity index (χ1v) is 6.83. The lowest BCUT2D eigenvalue weighted by Crippen LogP contribution is -2.20. The Morgan fingerprint density at radius 2 is 2.00 bits per heavy atom. The van der Waals surface area contributed by atoms with Gasteiger partial charge in [-0.2, -0.15) is 0 Å². The number of hydrogen-bond donors (Lipinski definition) is 1. The Bertz CT molecular complexity index is 383. The van der Waals surface area contributed by atoms with Gasteiger partial charge in [-0.25, -0.2) is 0 Å². The molecule has 0 spiro atoms. The standard InChI is InChI=1S/C16H24O/c1-11-5-4-6-14(9-11)16(17)15-10-12(2)7-8-13(15)3/h7-8,10-11,14,16-17H,4-6,9H2,1-3H3. The van der Waals surface area contributed by atoms with Crippen LogP contribution in [0.4, 0.5) is 0 Å². The summed E-state index contributed by atoms with van der Waals surface area (Å²) in [4.78, 5) is 0. The molecule has 1 N–H and O–H groups in total. The fourth-order valence-electron chi connectivity index (χ4n) is 3.10. The molecule has 1 heteroatoms. The quantitative estimate of drug-likeness (QED) is 0.811. The number of aliphatic hydroxyl groups excluding tert-OH is 1. The zero-order chi connectivity index (χ0) is 12.4. The van der Waals surface area contributed by atoms with E-state index < -0.39 is 0 Å². The molecule has 1 saturated carbocycles. The van der Waals surface area contributed by atoms with Gasteiger partial charge in [0.2, 0.25) is 0 Å². The summed E-state index contributed by atoms with van der Waals surface area (Å²) in [6, 6.07) is 6.40. The monoisotopic (exact) mass is 232 g/mol. The Morgan fingerprint density at radius 1 is 1.24 bits per heavy atom. The second kappa shape index (κ2) is 5.22. The average molecular weight is 232 g/mol. The minimum absolute atomic E-state index is 0.266. The molecule has 17 heavy (non-hydrogen) atoms. The van der Waals surface area contributed by atoms with Crippen molar-refractivity contribution in [1.82, 2.24) is 0 Å². The predicted molar refractivity (Wildman–Crippen MR) is 72.0 cm³/mol. The largest absolute Gasteiger partial charge is 0.388 e. The molecule has 1 fully saturated rings. The molecule has 0 saturated heterocycles. The van der Waals surface area contributed by atoms with Crippen molar-refractivity contribution in [3.63, 3.8) is 0 Å². The Kier molecular flexibility index (Phi) is 3.88. The van der Waals surface area contributed by atoms with Gasteiger partial charge in [0.1, 0.15) is 0 Å². The molecule has 1 aliphatic rings. The first kappa shape index (κ1) is 12.6. The Hall–Kier alpha value is -0.820. The van der Waals surface area contributed by atoms with Crippen molar-refractivity contribution >= 4 is 0 Å². The molecule has 0 heterocycles. The van der Waals surface area contributed by atoms with Gasteiger partial charge in [-0.3, -0.25) is 0 Å². The van der Waals surface area contributed by atoms with Gasteiger partial charge in [0, 0.05) is 0 Å². The molecular formula is C16H24O. The molecule has 0 aliphatic heterocycles. The van der Waals surface area contributed by atoms with E-state index in [0.29, 0.717) is 5.92 Å². The van der Waals surface area contributed by atoms with Gasteiger partial charge in [0.05, 0.1) is 6.10 Å². The summed E-state index contributed by atoms with van der Waals surface area (Å²) < 4.78 is 0. The maximum atomic E-state index is 10.6. The lowest BCUT2D eigenvalue weighted by atomic mass is 9.77. The maximum Gasteiger partial charge on any atom is 0.0820 e. The van der Waals surface area contributed by atoms with Crippen LogP contribution < -0.4 is 0 Å². The van der Waals surface area contributed by atoms with E-state index in [4.69, 9.17) is 0 Å². The third kappa shape index (κ3) is 2.90. The second-order valence-corrected chi connectivity index (χ2v) is 5.84. The molecule has 0 radical (unpaired) electrons. The number of hydrogen-bond acceptors (Lipinski definition) is 1. The molecule has 2 rings (SSSR count). The molecule has 0 amide bonds. The van der Waals surface area contributed by atoms with Gasteiger partial charge in [0.15, 0.2) is 0 Å². The van der Waals surface area contributed by atoms with Crippen LogP contribution in [0.1, 0.15) is 55.4 Å². The molecular weight excluding hydrogens is 208 g/mol. The molecule has 0 aromatic heterocycles. The number of benzene rings is 1. The van der Waals surface area contributed by atoms with Crippen molar-refractivity contribution in [1.29, 1.82) is 0 Å². The van der Waals surface area contributed by atoms with Crippen LogP contribution in [0.3, 0.4) is 0 Å². The van der Waals surface area contributed by atoms with Crippen molar-refractivity contribution in [2.24, 2.45) is 11.8 Å². The Labute approximate surface area is 105 Å². The van der Waals surface area contributed by atoms with Crippen LogP contribution in [0, 0.1) is 25.7 Å². The molecule has 1 aliphatic carbocycles. The molecule has 1 nitrogen and oxygen atoms in total. The van der Waals surface area contributed by atoms with Crippen molar-refractivity contribution in [2.45, 2.75) is 52.6 Å². The van der Waals surface area contributed by atoms with Gasteiger partial charge in [0.25, 0.3) is 0 Å². The van der Waals surface area contributed by atoms with Crippen molar-refractivity contribution < 1.29 is 5.11 Å². The van der Waals surface area contributed by atoms with Crippen molar-refractivity contribution in [2.75, 3.05) is 0 Å². The number of rotatable bonds is 2. The molecule has 3 unspecified atom stereocenters. The highest BCUT2D eigenvalue weighted by atomic mass is 16.3. The van der Waals surface area contributed by atoms with Gasteiger partial charge < -0.3 is 5.11 Å². The third-order valence-corrected chi connectivity index (χ3v) is 4.18. The maximum absolute atomic E-state index is 10.6. The van der Waals surface area contributed by atoms with E-state index in [0.717, 1.165) is 11.5 Å². The Morgan fingerprint density at radius 3 is 2.71 bits per heavy atom. The highest BCUT2D eigenvalue weighted by Gasteiger charge is 2.27. The summed E-state index contributed by atoms with van der Waals surface area (Å²) in [5.41, 5.74) is 3.61. The van der Waals surface area contributed by atoms with E-state index in [1.165, 1.54) is 36.8 Å². The van der Waals surface area contributed by atoms with Crippen LogP contribution >= 0.6 is 0 Å². The normalized spacial score (nSPS) is 26.8. The lowest BCUT2D eigenvalue weighted by molar-refractivity contribution is 0.0709. The van der Waals surface area contributed by atoms with E-state index >= 15 is 0 Å². The first-order valence-electron chi connectivity index (χ1n) is 6.83. The highest BCUT2D eigenvalue weighted by molar-refractivity contribution is 5.32. The van der Waals surface area contributed by atoms with Crippen LogP contribution in [0.5, 0.6) is 0 Å². The molecule has 94 valence electrons. The van der Waals surface area contributed by atoms with Crippen LogP contribution in [0.25, 0.3) is 0 Å². The van der Waals surface area contributed by atoms with Crippen LogP contribution in [-0.2, 0) is 0 Å². The fourth-order valence-corrected chi connectivity index (χ4v) is 3.10. The van der Waals surface area contributed by atoms with Gasteiger partial charge >= 0.3 is 0 Å². The summed E-state index contributed by atoms with van der Waals surface area (Å²) >= 11 is 0. The lowest BCUT2D eigenvalue weighted by Gasteiger charge is -2.31. The summed E-state index contributed by atoms with van der Waals surface area (Å²) in [5, 5.41) is 10.6. The highest BCUT2D eigenvalue weighted by Crippen LogP contribution is 2.38. The van der Waals surface area contributed by atoms with Gasteiger partial charge in [-0.15, -0.1) is 0 Å². The van der Waals surface area contributed by atoms with E-state index in [2.05, 4.69) is 39.0 Å². The van der Waals surface area contributed by atoms with Crippen LogP contribution in [-0.4, -0.2) is 5.11 Å². The van der Waals surface area contributed by atoms with Crippen molar-refractivity contribution in [3.05, 3.63) is 34.9 Å². The zero-order valence-corrected chi connectivity index (χ0v) is 11.2. The van der Waals surface area contributed by atoms with E-state index in [1.54, 1.807) is 0 Å². The minimum atomic E-state index is -0.266. The van der Waals surface area contributed by atoms with Crippen LogP contribution in [0.15, 0.2) is 18.2 Å². The molecule has 3 atom stereocenters. The van der Waals surface area contributed by atoms with E-state index in [9.17, 15) is 5.11 Å². The minimum Gasteiger partial charge on any atom is -0.388 e. The zero-order valence-electron chi connectivity index (χ0n) is 11.2. The summed E-state index contributed by atoms with van der Waals surface area (Å²) in [6.07, 6.45) is 4.69. The number of aliphatic hydroxyl groups is 1.